The monoisotopic (exact) mass is 234 g/mol. The molecule has 1 rings (SSSR count). The minimum atomic E-state index is -1.01. The first-order valence-corrected chi connectivity index (χ1v) is 5.36. The Hall–Kier alpha value is -1.83. The zero-order chi connectivity index (χ0) is 15.9. The van der Waals surface area contributed by atoms with Crippen LogP contribution in [0.4, 0.5) is 0 Å². The summed E-state index contributed by atoms with van der Waals surface area (Å²) in [5, 5.41) is 0. The van der Waals surface area contributed by atoms with Crippen molar-refractivity contribution in [2.75, 3.05) is 6.61 Å². The van der Waals surface area contributed by atoms with E-state index in [1.165, 1.54) is 12.2 Å². The Morgan fingerprint density at radius 3 is 2.76 bits per heavy atom. The van der Waals surface area contributed by atoms with Gasteiger partial charge in [-0.25, -0.2) is 0 Å². The number of allylic oxidation sites excluding steroid dienone is 1. The largest absolute Gasteiger partial charge is 0.461 e. The molecule has 0 bridgehead atoms. The number of carbonyl (C=O) groups excluding carboxylic acids is 1. The van der Waals surface area contributed by atoms with Crippen LogP contribution < -0.4 is 0 Å². The van der Waals surface area contributed by atoms with Gasteiger partial charge in [0.2, 0.25) is 0 Å². The van der Waals surface area contributed by atoms with Crippen LogP contribution in [0.25, 0.3) is 0 Å². The Labute approximate surface area is 108 Å². The normalized spacial score (nSPS) is 16.3. The van der Waals surface area contributed by atoms with Crippen LogP contribution in [-0.2, 0) is 14.9 Å². The lowest BCUT2D eigenvalue weighted by Gasteiger charge is -2.26. The van der Waals surface area contributed by atoms with E-state index in [4.69, 9.17) is 10.2 Å². The van der Waals surface area contributed by atoms with Gasteiger partial charge in [-0.1, -0.05) is 49.0 Å². The fraction of sp³-hybridized carbons (Fsp3) is 0.267. The predicted molar refractivity (Wildman–Crippen MR) is 69.8 cm³/mol. The van der Waals surface area contributed by atoms with Gasteiger partial charge in [0.25, 0.3) is 0 Å². The first-order valence-electron chi connectivity index (χ1n) is 7.36. The third-order valence-corrected chi connectivity index (χ3v) is 2.67. The lowest BCUT2D eigenvalue weighted by molar-refractivity contribution is -0.148. The van der Waals surface area contributed by atoms with Crippen molar-refractivity contribution in [3.8, 4) is 0 Å². The predicted octanol–water partition coefficient (Wildman–Crippen LogP) is 3.25. The van der Waals surface area contributed by atoms with Gasteiger partial charge in [0, 0.05) is 0 Å². The molecule has 90 valence electrons. The zero-order valence-corrected chi connectivity index (χ0v) is 9.77. The van der Waals surface area contributed by atoms with Crippen LogP contribution in [0, 0.1) is 0 Å². The van der Waals surface area contributed by atoms with E-state index in [0.29, 0.717) is 0 Å². The van der Waals surface area contributed by atoms with Crippen LogP contribution in [0.5, 0.6) is 0 Å². The molecular weight excluding hydrogens is 212 g/mol. The second kappa shape index (κ2) is 6.04. The quantitative estimate of drug-likeness (QED) is 0.558. The van der Waals surface area contributed by atoms with Gasteiger partial charge >= 0.3 is 5.97 Å². The van der Waals surface area contributed by atoms with E-state index in [0.717, 1.165) is 5.56 Å². The molecule has 0 spiro atoms. The molecule has 1 atom stereocenters. The van der Waals surface area contributed by atoms with Gasteiger partial charge in [-0.15, -0.1) is 6.53 Å². The second-order valence-electron chi connectivity index (χ2n) is 3.91. The van der Waals surface area contributed by atoms with E-state index in [2.05, 4.69) is 0 Å². The van der Waals surface area contributed by atoms with Crippen molar-refractivity contribution in [2.24, 2.45) is 0 Å². The highest BCUT2D eigenvalue weighted by Crippen LogP contribution is 2.29. The summed E-state index contributed by atoms with van der Waals surface area (Å²) in [5.74, 6) is -0.510. The zero-order valence-electron chi connectivity index (χ0n) is 13.8. The van der Waals surface area contributed by atoms with Gasteiger partial charge in [0.1, 0.15) is 6.61 Å². The maximum atomic E-state index is 12.3. The van der Waals surface area contributed by atoms with Crippen molar-refractivity contribution >= 4 is 5.97 Å². The smallest absolute Gasteiger partial charge is 0.316 e. The topological polar surface area (TPSA) is 26.3 Å². The molecule has 0 N–H and O–H groups in total. The van der Waals surface area contributed by atoms with Crippen LogP contribution in [0.2, 0.25) is 0 Å². The van der Waals surface area contributed by atoms with Crippen LogP contribution in [-0.4, -0.2) is 12.6 Å². The van der Waals surface area contributed by atoms with Gasteiger partial charge < -0.3 is 4.74 Å². The van der Waals surface area contributed by atoms with Gasteiger partial charge in [-0.2, -0.15) is 0 Å². The van der Waals surface area contributed by atoms with Crippen molar-refractivity contribution in [2.45, 2.75) is 18.8 Å². The molecule has 0 aliphatic carbocycles. The van der Waals surface area contributed by atoms with Gasteiger partial charge in [0.15, 0.2) is 0 Å². The van der Waals surface area contributed by atoms with Crippen molar-refractivity contribution in [3.05, 3.63) is 61.1 Å². The lowest BCUT2D eigenvalue weighted by atomic mass is 9.79. The summed E-state index contributed by atoms with van der Waals surface area (Å²) in [6.45, 7) is 0.783. The highest BCUT2D eigenvalue weighted by Gasteiger charge is 2.35. The number of esters is 1. The summed E-state index contributed by atoms with van der Waals surface area (Å²) in [6, 6.07) is 9.02. The minimum Gasteiger partial charge on any atom is -0.461 e. The molecule has 1 aromatic carbocycles. The molecule has 0 aromatic heterocycles. The fourth-order valence-corrected chi connectivity index (χ4v) is 1.61. The maximum absolute atomic E-state index is 12.3. The maximum Gasteiger partial charge on any atom is 0.316 e. The Balaban J connectivity index is 2.99. The standard InChI is InChI=1S/C15H18O2/c1-4-11-15(3,14(16)17-12-5-2)13-9-7-6-8-10-13/h4-10H,1-2,11-12H2,3H3/i1D2,2D2. The van der Waals surface area contributed by atoms with E-state index >= 15 is 0 Å². The number of carbonyl (C=O) groups is 1. The first kappa shape index (κ1) is 8.29. The number of hydrogen-bond acceptors (Lipinski definition) is 2. The molecule has 0 saturated heterocycles. The molecule has 0 aliphatic rings. The molecule has 0 radical (unpaired) electrons. The first-order chi connectivity index (χ1) is 9.86. The molecule has 0 heterocycles. The molecule has 1 aromatic rings. The summed E-state index contributed by atoms with van der Waals surface area (Å²) in [7, 11) is 0. The molecule has 2 nitrogen and oxygen atoms in total. The highest BCUT2D eigenvalue weighted by molar-refractivity contribution is 5.83. The van der Waals surface area contributed by atoms with E-state index < -0.39 is 17.9 Å². The van der Waals surface area contributed by atoms with Crippen LogP contribution >= 0.6 is 0 Å². The molecular formula is C15H18O2. The van der Waals surface area contributed by atoms with Crippen molar-refractivity contribution < 1.29 is 15.0 Å². The number of rotatable bonds is 6. The SMILES string of the molecule is [2H]C([2H])=CCOC(=O)C(C)(CC=C([2H])[2H])c1ccccc1. The van der Waals surface area contributed by atoms with Crippen molar-refractivity contribution in [1.29, 1.82) is 0 Å². The summed E-state index contributed by atoms with van der Waals surface area (Å²) in [6.07, 6.45) is 2.71. The Kier molecular flexibility index (Phi) is 2.95. The Morgan fingerprint density at radius 1 is 1.41 bits per heavy atom. The second-order valence-corrected chi connectivity index (χ2v) is 3.91. The van der Waals surface area contributed by atoms with E-state index in [1.54, 1.807) is 31.2 Å². The molecule has 0 fully saturated rings. The third-order valence-electron chi connectivity index (χ3n) is 2.67. The molecule has 0 amide bonds. The van der Waals surface area contributed by atoms with Gasteiger partial charge in [0.05, 0.1) is 10.9 Å². The van der Waals surface area contributed by atoms with E-state index in [-0.39, 0.29) is 19.6 Å². The average molecular weight is 234 g/mol. The summed E-state index contributed by atoms with van der Waals surface area (Å²) in [5.41, 5.74) is -0.277. The van der Waals surface area contributed by atoms with E-state index in [9.17, 15) is 4.79 Å². The highest BCUT2D eigenvalue weighted by atomic mass is 16.5. The van der Waals surface area contributed by atoms with Crippen LogP contribution in [0.3, 0.4) is 0 Å². The molecule has 17 heavy (non-hydrogen) atoms. The molecule has 1 unspecified atom stereocenters. The lowest BCUT2D eigenvalue weighted by Crippen LogP contribution is -2.34. The summed E-state index contributed by atoms with van der Waals surface area (Å²) < 4.78 is 33.4. The van der Waals surface area contributed by atoms with Crippen molar-refractivity contribution in [1.82, 2.24) is 0 Å². The number of hydrogen-bond donors (Lipinski definition) is 0. The molecule has 0 aliphatic heterocycles. The van der Waals surface area contributed by atoms with Crippen LogP contribution in [0.15, 0.2) is 55.5 Å². The summed E-state index contributed by atoms with van der Waals surface area (Å²) >= 11 is 0. The van der Waals surface area contributed by atoms with Crippen LogP contribution in [0.1, 0.15) is 24.4 Å². The Bertz CT molecular complexity index is 532. The third kappa shape index (κ3) is 3.06. The summed E-state index contributed by atoms with van der Waals surface area (Å²) in [4.78, 5) is 12.3. The average Bonchev–Trinajstić information content (AvgIpc) is 2.45. The number of ether oxygens (including phenoxy) is 1. The number of benzene rings is 1. The van der Waals surface area contributed by atoms with Gasteiger partial charge in [-0.3, -0.25) is 4.79 Å². The molecule has 0 saturated carbocycles. The fourth-order valence-electron chi connectivity index (χ4n) is 1.61. The molecule has 2 heteroatoms. The van der Waals surface area contributed by atoms with E-state index in [1.807, 2.05) is 6.07 Å². The minimum absolute atomic E-state index is 0.137. The van der Waals surface area contributed by atoms with Crippen molar-refractivity contribution in [3.63, 3.8) is 0 Å². The Morgan fingerprint density at radius 2 is 2.12 bits per heavy atom. The van der Waals surface area contributed by atoms with Gasteiger partial charge in [-0.05, 0) is 18.9 Å².